The third-order valence-electron chi connectivity index (χ3n) is 2.93. The number of fused-ring (bicyclic) bond motifs is 1. The number of nitrogens with zero attached hydrogens (tertiary/aromatic N) is 1. The van der Waals surface area contributed by atoms with Crippen molar-refractivity contribution < 1.29 is 9.47 Å². The molecule has 0 aliphatic heterocycles. The van der Waals surface area contributed by atoms with E-state index in [-0.39, 0.29) is 0 Å². The molecule has 3 nitrogen and oxygen atoms in total. The van der Waals surface area contributed by atoms with Gasteiger partial charge in [-0.3, -0.25) is 0 Å². The minimum atomic E-state index is 0.801. The Morgan fingerprint density at radius 2 is 1.84 bits per heavy atom. The van der Waals surface area contributed by atoms with E-state index in [4.69, 9.17) is 9.47 Å². The smallest absolute Gasteiger partial charge is 0.129 e. The Hall–Kier alpha value is -2.07. The van der Waals surface area contributed by atoms with Gasteiger partial charge in [-0.2, -0.15) is 0 Å². The highest BCUT2D eigenvalue weighted by Crippen LogP contribution is 2.37. The first kappa shape index (κ1) is 12.0. The van der Waals surface area contributed by atoms with Crippen LogP contribution in [0.3, 0.4) is 0 Å². The lowest BCUT2D eigenvalue weighted by Crippen LogP contribution is -1.89. The summed E-state index contributed by atoms with van der Waals surface area (Å²) in [5, 5.41) is 0.942. The van der Waals surface area contributed by atoms with Gasteiger partial charge in [0.05, 0.1) is 30.0 Å². The number of methoxy groups -OCH3 is 2. The summed E-state index contributed by atoms with van der Waals surface area (Å²) in [7, 11) is 3.32. The van der Waals surface area contributed by atoms with Gasteiger partial charge in [-0.1, -0.05) is 12.1 Å². The predicted molar refractivity (Wildman–Crippen MR) is 78.2 cm³/mol. The average Bonchev–Trinajstić information content (AvgIpc) is 2.90. The fourth-order valence-electron chi connectivity index (χ4n) is 1.97. The van der Waals surface area contributed by atoms with Gasteiger partial charge in [0.15, 0.2) is 0 Å². The van der Waals surface area contributed by atoms with Crippen LogP contribution in [-0.4, -0.2) is 19.2 Å². The van der Waals surface area contributed by atoms with Crippen LogP contribution >= 0.6 is 11.3 Å². The number of hydrogen-bond donors (Lipinski definition) is 0. The molecule has 2 aromatic carbocycles. The molecule has 0 unspecified atom stereocenters. The van der Waals surface area contributed by atoms with Gasteiger partial charge >= 0.3 is 0 Å². The van der Waals surface area contributed by atoms with Crippen molar-refractivity contribution in [2.75, 3.05) is 14.2 Å². The van der Waals surface area contributed by atoms with Gasteiger partial charge in [-0.15, -0.1) is 11.3 Å². The van der Waals surface area contributed by atoms with Gasteiger partial charge < -0.3 is 9.47 Å². The molecule has 0 radical (unpaired) electrons. The zero-order chi connectivity index (χ0) is 13.2. The molecule has 0 fully saturated rings. The highest BCUT2D eigenvalue weighted by atomic mass is 32.1. The first-order valence-electron chi connectivity index (χ1n) is 5.90. The van der Waals surface area contributed by atoms with E-state index in [0.717, 1.165) is 27.6 Å². The molecule has 1 heterocycles. The van der Waals surface area contributed by atoms with Gasteiger partial charge in [-0.25, -0.2) is 4.98 Å². The number of hydrogen-bond acceptors (Lipinski definition) is 4. The van der Waals surface area contributed by atoms with Crippen molar-refractivity contribution >= 4 is 21.6 Å². The molecule has 0 N–H and O–H groups in total. The first-order chi connectivity index (χ1) is 9.31. The number of para-hydroxylation sites is 1. The number of benzene rings is 2. The fraction of sp³-hybridized carbons (Fsp3) is 0.133. The van der Waals surface area contributed by atoms with E-state index in [9.17, 15) is 0 Å². The van der Waals surface area contributed by atoms with E-state index in [1.165, 1.54) is 4.70 Å². The van der Waals surface area contributed by atoms with E-state index >= 15 is 0 Å². The molecule has 0 aliphatic rings. The monoisotopic (exact) mass is 271 g/mol. The van der Waals surface area contributed by atoms with Crippen LogP contribution in [0.4, 0.5) is 0 Å². The third kappa shape index (κ3) is 2.15. The lowest BCUT2D eigenvalue weighted by atomic mass is 10.2. The zero-order valence-electron chi connectivity index (χ0n) is 10.7. The van der Waals surface area contributed by atoms with Gasteiger partial charge in [0.1, 0.15) is 16.5 Å². The molecule has 3 rings (SSSR count). The van der Waals surface area contributed by atoms with Crippen molar-refractivity contribution in [2.45, 2.75) is 0 Å². The van der Waals surface area contributed by atoms with Crippen molar-refractivity contribution in [3.8, 4) is 22.1 Å². The summed E-state index contributed by atoms with van der Waals surface area (Å²) in [5.74, 6) is 1.61. The quantitative estimate of drug-likeness (QED) is 0.722. The summed E-state index contributed by atoms with van der Waals surface area (Å²) in [6, 6.07) is 13.8. The summed E-state index contributed by atoms with van der Waals surface area (Å²) < 4.78 is 11.8. The van der Waals surface area contributed by atoms with Crippen LogP contribution in [0.5, 0.6) is 11.5 Å². The summed E-state index contributed by atoms with van der Waals surface area (Å²) in [5.41, 5.74) is 1.97. The van der Waals surface area contributed by atoms with Crippen LogP contribution in [0, 0.1) is 0 Å². The van der Waals surface area contributed by atoms with E-state index in [1.54, 1.807) is 25.6 Å². The van der Waals surface area contributed by atoms with E-state index in [2.05, 4.69) is 11.1 Å². The fourth-order valence-corrected chi connectivity index (χ4v) is 2.96. The average molecular weight is 271 g/mol. The maximum absolute atomic E-state index is 5.41. The first-order valence-corrected chi connectivity index (χ1v) is 6.71. The van der Waals surface area contributed by atoms with Gasteiger partial charge in [0, 0.05) is 0 Å². The predicted octanol–water partition coefficient (Wildman–Crippen LogP) is 3.98. The molecule has 4 heteroatoms. The van der Waals surface area contributed by atoms with Crippen LogP contribution in [0.15, 0.2) is 42.5 Å². The van der Waals surface area contributed by atoms with Crippen LogP contribution < -0.4 is 9.47 Å². The lowest BCUT2D eigenvalue weighted by molar-refractivity contribution is 0.404. The summed E-state index contributed by atoms with van der Waals surface area (Å²) in [6.45, 7) is 0. The van der Waals surface area contributed by atoms with Crippen LogP contribution in [0.2, 0.25) is 0 Å². The summed E-state index contributed by atoms with van der Waals surface area (Å²) in [4.78, 5) is 4.65. The largest absolute Gasteiger partial charge is 0.497 e. The SMILES string of the molecule is COc1ccc(OC)c(-c2nc3ccccc3s2)c1. The Bertz CT molecular complexity index is 688. The normalized spacial score (nSPS) is 10.6. The molecular weight excluding hydrogens is 258 g/mol. The molecule has 0 saturated heterocycles. The van der Waals surface area contributed by atoms with Crippen molar-refractivity contribution in [1.29, 1.82) is 0 Å². The van der Waals surface area contributed by atoms with Crippen molar-refractivity contribution in [3.05, 3.63) is 42.5 Å². The number of rotatable bonds is 3. The molecule has 19 heavy (non-hydrogen) atoms. The highest BCUT2D eigenvalue weighted by molar-refractivity contribution is 7.21. The van der Waals surface area contributed by atoms with Crippen LogP contribution in [0.1, 0.15) is 0 Å². The molecule has 96 valence electrons. The van der Waals surface area contributed by atoms with E-state index in [1.807, 2.05) is 36.4 Å². The second kappa shape index (κ2) is 4.90. The van der Waals surface area contributed by atoms with Crippen molar-refractivity contribution in [3.63, 3.8) is 0 Å². The number of ether oxygens (including phenoxy) is 2. The summed E-state index contributed by atoms with van der Waals surface area (Å²) >= 11 is 1.65. The maximum Gasteiger partial charge on any atom is 0.129 e. The van der Waals surface area contributed by atoms with Crippen molar-refractivity contribution in [2.24, 2.45) is 0 Å². The highest BCUT2D eigenvalue weighted by Gasteiger charge is 2.12. The van der Waals surface area contributed by atoms with E-state index in [0.29, 0.717) is 0 Å². The Kier molecular flexibility index (Phi) is 3.09. The number of aromatic nitrogens is 1. The number of thiazole rings is 1. The molecule has 3 aromatic rings. The van der Waals surface area contributed by atoms with Crippen LogP contribution in [0.25, 0.3) is 20.8 Å². The van der Waals surface area contributed by atoms with Gasteiger partial charge in [0.2, 0.25) is 0 Å². The Morgan fingerprint density at radius 3 is 2.58 bits per heavy atom. The minimum Gasteiger partial charge on any atom is -0.497 e. The van der Waals surface area contributed by atoms with Crippen molar-refractivity contribution in [1.82, 2.24) is 4.98 Å². The lowest BCUT2D eigenvalue weighted by Gasteiger charge is -2.07. The zero-order valence-corrected chi connectivity index (χ0v) is 11.5. The Morgan fingerprint density at radius 1 is 1.00 bits per heavy atom. The molecule has 0 aliphatic carbocycles. The standard InChI is InChI=1S/C15H13NO2S/c1-17-10-7-8-13(18-2)11(9-10)15-16-12-5-3-4-6-14(12)19-15/h3-9H,1-2H3. The molecule has 0 bridgehead atoms. The molecule has 0 atom stereocenters. The second-order valence-electron chi connectivity index (χ2n) is 4.05. The minimum absolute atomic E-state index is 0.801. The second-order valence-corrected chi connectivity index (χ2v) is 5.08. The van der Waals surface area contributed by atoms with Gasteiger partial charge in [-0.05, 0) is 30.3 Å². The topological polar surface area (TPSA) is 31.4 Å². The summed E-state index contributed by atoms with van der Waals surface area (Å²) in [6.07, 6.45) is 0. The molecule has 0 saturated carbocycles. The molecule has 0 spiro atoms. The maximum atomic E-state index is 5.41. The molecular formula is C15H13NO2S. The van der Waals surface area contributed by atoms with E-state index < -0.39 is 0 Å². The Labute approximate surface area is 115 Å². The molecule has 1 aromatic heterocycles. The third-order valence-corrected chi connectivity index (χ3v) is 4.00. The molecule has 0 amide bonds. The van der Waals surface area contributed by atoms with Crippen LogP contribution in [-0.2, 0) is 0 Å². The Balaban J connectivity index is 2.19. The van der Waals surface area contributed by atoms with Gasteiger partial charge in [0.25, 0.3) is 0 Å².